The Morgan fingerprint density at radius 3 is 2.31 bits per heavy atom. The fourth-order valence-electron chi connectivity index (χ4n) is 3.18. The number of carbonyl (C=O) groups is 2. The molecule has 138 valence electrons. The van der Waals surface area contributed by atoms with Gasteiger partial charge in [-0.3, -0.25) is 0 Å². The molecule has 0 fully saturated rings. The zero-order valence-electron chi connectivity index (χ0n) is 15.0. The summed E-state index contributed by atoms with van der Waals surface area (Å²) in [5.74, 6) is -1.55. The van der Waals surface area contributed by atoms with Gasteiger partial charge in [-0.05, 0) is 28.8 Å². The highest BCUT2D eigenvalue weighted by Crippen LogP contribution is 2.43. The molecule has 6 nitrogen and oxygen atoms in total. The molecule has 0 bridgehead atoms. The summed E-state index contributed by atoms with van der Waals surface area (Å²) in [4.78, 5) is 19.1. The maximum absolute atomic E-state index is 9.55. The topological polar surface area (TPSA) is 110 Å². The van der Waals surface area contributed by atoms with E-state index in [-0.39, 0.29) is 11.5 Å². The Balaban J connectivity index is 0.000000260. The molecule has 2 aromatic carbocycles. The molecule has 1 atom stereocenters. The van der Waals surface area contributed by atoms with Gasteiger partial charge in [-0.1, -0.05) is 38.1 Å². The van der Waals surface area contributed by atoms with Crippen LogP contribution in [0.4, 0.5) is 0 Å². The fourth-order valence-corrected chi connectivity index (χ4v) is 3.18. The van der Waals surface area contributed by atoms with Gasteiger partial charge in [-0.25, -0.2) is 9.59 Å². The summed E-state index contributed by atoms with van der Waals surface area (Å²) >= 11 is 0. The summed E-state index contributed by atoms with van der Waals surface area (Å²) in [5.41, 5.74) is 8.99. The first-order valence-electron chi connectivity index (χ1n) is 8.17. The van der Waals surface area contributed by atoms with Crippen LogP contribution in [0.5, 0.6) is 5.75 Å². The van der Waals surface area contributed by atoms with Crippen molar-refractivity contribution in [3.8, 4) is 5.75 Å². The van der Waals surface area contributed by atoms with Crippen molar-refractivity contribution in [2.75, 3.05) is 7.11 Å². The molecule has 1 aliphatic rings. The lowest BCUT2D eigenvalue weighted by molar-refractivity contribution is -0.134. The lowest BCUT2D eigenvalue weighted by Gasteiger charge is -2.38. The third-order valence-electron chi connectivity index (χ3n) is 4.74. The normalized spacial score (nSPS) is 17.5. The van der Waals surface area contributed by atoms with Crippen molar-refractivity contribution in [1.82, 2.24) is 0 Å². The van der Waals surface area contributed by atoms with Crippen LogP contribution in [0.15, 0.2) is 42.5 Å². The average Bonchev–Trinajstić information content (AvgIpc) is 2.59. The molecule has 0 spiro atoms. The summed E-state index contributed by atoms with van der Waals surface area (Å²) in [7, 11) is 1.73. The Morgan fingerprint density at radius 2 is 1.77 bits per heavy atom. The third-order valence-corrected chi connectivity index (χ3v) is 4.74. The van der Waals surface area contributed by atoms with Crippen LogP contribution in [0.25, 0.3) is 10.8 Å². The molecular formula is C20H23NO5. The van der Waals surface area contributed by atoms with E-state index >= 15 is 0 Å². The highest BCUT2D eigenvalue weighted by atomic mass is 16.5. The van der Waals surface area contributed by atoms with Crippen molar-refractivity contribution >= 4 is 22.7 Å². The molecule has 2 aromatic rings. The highest BCUT2D eigenvalue weighted by molar-refractivity contribution is 5.93. The van der Waals surface area contributed by atoms with Gasteiger partial charge in [-0.15, -0.1) is 0 Å². The van der Waals surface area contributed by atoms with Crippen LogP contribution in [0.3, 0.4) is 0 Å². The SMILES string of the molecule is COc1ccc2cccc3c2c1CC(N)C3(C)C.O=C(O)/C=C\C(=O)O. The van der Waals surface area contributed by atoms with Gasteiger partial charge in [0.25, 0.3) is 0 Å². The number of nitrogens with two attached hydrogens (primary N) is 1. The van der Waals surface area contributed by atoms with E-state index in [9.17, 15) is 9.59 Å². The van der Waals surface area contributed by atoms with Gasteiger partial charge >= 0.3 is 11.9 Å². The van der Waals surface area contributed by atoms with Gasteiger partial charge in [0.15, 0.2) is 0 Å². The molecule has 0 aliphatic heterocycles. The first kappa shape index (κ1) is 19.5. The molecule has 6 heteroatoms. The smallest absolute Gasteiger partial charge is 0.328 e. The van der Waals surface area contributed by atoms with E-state index in [4.69, 9.17) is 20.7 Å². The zero-order chi connectivity index (χ0) is 19.5. The number of hydrogen-bond donors (Lipinski definition) is 3. The van der Waals surface area contributed by atoms with Gasteiger partial charge in [0.2, 0.25) is 0 Å². The molecule has 0 radical (unpaired) electrons. The molecule has 0 aromatic heterocycles. The first-order chi connectivity index (χ1) is 12.2. The summed E-state index contributed by atoms with van der Waals surface area (Å²) in [6.45, 7) is 4.46. The number of rotatable bonds is 3. The van der Waals surface area contributed by atoms with Gasteiger partial charge in [0, 0.05) is 29.2 Å². The van der Waals surface area contributed by atoms with Gasteiger partial charge < -0.3 is 20.7 Å². The van der Waals surface area contributed by atoms with E-state index in [0.717, 1.165) is 12.2 Å². The third kappa shape index (κ3) is 3.86. The Labute approximate surface area is 151 Å². The van der Waals surface area contributed by atoms with Crippen LogP contribution < -0.4 is 10.5 Å². The molecule has 1 unspecified atom stereocenters. The number of carboxylic acid groups (broad SMARTS) is 2. The highest BCUT2D eigenvalue weighted by Gasteiger charge is 2.35. The molecule has 0 heterocycles. The van der Waals surface area contributed by atoms with Crippen LogP contribution in [0.1, 0.15) is 25.0 Å². The van der Waals surface area contributed by atoms with Crippen LogP contribution in [0.2, 0.25) is 0 Å². The minimum absolute atomic E-state index is 0.0128. The van der Waals surface area contributed by atoms with Crippen molar-refractivity contribution in [2.24, 2.45) is 5.73 Å². The number of ether oxygens (including phenoxy) is 1. The first-order valence-corrected chi connectivity index (χ1v) is 8.17. The van der Waals surface area contributed by atoms with Crippen LogP contribution >= 0.6 is 0 Å². The van der Waals surface area contributed by atoms with E-state index in [2.05, 4.69) is 38.1 Å². The average molecular weight is 357 g/mol. The molecule has 0 amide bonds. The fraction of sp³-hybridized carbons (Fsp3) is 0.300. The van der Waals surface area contributed by atoms with E-state index in [1.807, 2.05) is 6.07 Å². The minimum atomic E-state index is -1.26. The molecule has 4 N–H and O–H groups in total. The molecule has 3 rings (SSSR count). The van der Waals surface area contributed by atoms with Crippen LogP contribution in [-0.2, 0) is 21.4 Å². The largest absolute Gasteiger partial charge is 0.496 e. The zero-order valence-corrected chi connectivity index (χ0v) is 15.0. The molecule has 0 saturated heterocycles. The maximum atomic E-state index is 9.55. The summed E-state index contributed by atoms with van der Waals surface area (Å²) < 4.78 is 5.49. The van der Waals surface area contributed by atoms with Crippen LogP contribution in [-0.4, -0.2) is 35.3 Å². The van der Waals surface area contributed by atoms with Gasteiger partial charge in [0.1, 0.15) is 5.75 Å². The van der Waals surface area contributed by atoms with Crippen LogP contribution in [0, 0.1) is 0 Å². The van der Waals surface area contributed by atoms with Gasteiger partial charge in [0.05, 0.1) is 7.11 Å². The lowest BCUT2D eigenvalue weighted by atomic mass is 9.69. The van der Waals surface area contributed by atoms with E-state index in [1.165, 1.54) is 21.9 Å². The number of carboxylic acids is 2. The Morgan fingerprint density at radius 1 is 1.15 bits per heavy atom. The van der Waals surface area contributed by atoms with Crippen molar-refractivity contribution < 1.29 is 24.5 Å². The summed E-state index contributed by atoms with van der Waals surface area (Å²) in [6, 6.07) is 10.8. The number of aliphatic carboxylic acids is 2. The molecule has 0 saturated carbocycles. The number of hydrogen-bond acceptors (Lipinski definition) is 4. The van der Waals surface area contributed by atoms with Crippen molar-refractivity contribution in [2.45, 2.75) is 31.7 Å². The van der Waals surface area contributed by atoms with E-state index < -0.39 is 11.9 Å². The second-order valence-corrected chi connectivity index (χ2v) is 6.69. The maximum Gasteiger partial charge on any atom is 0.328 e. The predicted molar refractivity (Wildman–Crippen MR) is 99.6 cm³/mol. The Bertz CT molecular complexity index is 854. The standard InChI is InChI=1S/C16H19NO.C4H4O4/c1-16(2)12-6-4-5-10-7-8-13(18-3)11(15(10)12)9-14(16)17;5-3(6)1-2-4(7)8/h4-8,14H,9,17H2,1-3H3;1-2H,(H,5,6)(H,7,8)/b;2-1-. The quantitative estimate of drug-likeness (QED) is 0.729. The van der Waals surface area contributed by atoms with E-state index in [0.29, 0.717) is 12.2 Å². The predicted octanol–water partition coefficient (Wildman–Crippen LogP) is 2.72. The monoisotopic (exact) mass is 357 g/mol. The Hall–Kier alpha value is -2.86. The van der Waals surface area contributed by atoms with E-state index in [1.54, 1.807) is 7.11 Å². The minimum Gasteiger partial charge on any atom is -0.496 e. The molecule has 26 heavy (non-hydrogen) atoms. The second-order valence-electron chi connectivity index (χ2n) is 6.69. The molecular weight excluding hydrogens is 334 g/mol. The summed E-state index contributed by atoms with van der Waals surface area (Å²) in [6.07, 6.45) is 2.00. The van der Waals surface area contributed by atoms with Crippen molar-refractivity contribution in [1.29, 1.82) is 0 Å². The van der Waals surface area contributed by atoms with Crippen molar-refractivity contribution in [3.05, 3.63) is 53.6 Å². The second kappa shape index (κ2) is 7.58. The van der Waals surface area contributed by atoms with Crippen molar-refractivity contribution in [3.63, 3.8) is 0 Å². The lowest BCUT2D eigenvalue weighted by Crippen LogP contribution is -2.45. The molecule has 1 aliphatic carbocycles. The Kier molecular flexibility index (Phi) is 5.67. The summed E-state index contributed by atoms with van der Waals surface area (Å²) in [5, 5.41) is 18.2. The number of methoxy groups -OCH3 is 1. The van der Waals surface area contributed by atoms with Gasteiger partial charge in [-0.2, -0.15) is 0 Å². The number of benzene rings is 2.